The number of aromatic nitrogens is 2. The van der Waals surface area contributed by atoms with Gasteiger partial charge >= 0.3 is 0 Å². The van der Waals surface area contributed by atoms with Crippen LogP contribution in [0.25, 0.3) is 5.65 Å². The Balaban J connectivity index is 2.08. The molecule has 0 saturated heterocycles. The fourth-order valence-corrected chi connectivity index (χ4v) is 2.50. The lowest BCUT2D eigenvalue weighted by Crippen LogP contribution is -2.27. The van der Waals surface area contributed by atoms with Crippen molar-refractivity contribution in [3.8, 4) is 0 Å². The van der Waals surface area contributed by atoms with Crippen molar-refractivity contribution >= 4 is 11.5 Å². The number of imidazole rings is 1. The highest BCUT2D eigenvalue weighted by Crippen LogP contribution is 2.33. The zero-order valence-electron chi connectivity index (χ0n) is 10.7. The van der Waals surface area contributed by atoms with Gasteiger partial charge in [0, 0.05) is 18.8 Å². The maximum atomic E-state index is 9.64. The van der Waals surface area contributed by atoms with Crippen molar-refractivity contribution in [3.05, 3.63) is 30.1 Å². The minimum absolute atomic E-state index is 0.0352. The summed E-state index contributed by atoms with van der Waals surface area (Å²) >= 11 is 0. The van der Waals surface area contributed by atoms with E-state index in [4.69, 9.17) is 4.98 Å². The van der Waals surface area contributed by atoms with E-state index in [2.05, 4.69) is 11.8 Å². The van der Waals surface area contributed by atoms with Gasteiger partial charge in [0.1, 0.15) is 5.65 Å². The molecule has 1 aliphatic rings. The second-order valence-corrected chi connectivity index (χ2v) is 4.89. The number of pyridine rings is 1. The maximum Gasteiger partial charge on any atom is 0.153 e. The van der Waals surface area contributed by atoms with E-state index in [1.807, 2.05) is 28.8 Å². The standard InChI is InChI=1S/C14H19N3O/c1-2-8-16(11-6-7-11)14-12(10-18)17-9-4-3-5-13(17)15-14/h3-5,9,11,18H,2,6-8,10H2,1H3. The Labute approximate surface area is 107 Å². The highest BCUT2D eigenvalue weighted by Gasteiger charge is 2.31. The quantitative estimate of drug-likeness (QED) is 0.878. The first-order chi connectivity index (χ1) is 8.85. The van der Waals surface area contributed by atoms with E-state index >= 15 is 0 Å². The van der Waals surface area contributed by atoms with Crippen LogP contribution in [0.1, 0.15) is 31.9 Å². The zero-order valence-corrected chi connectivity index (χ0v) is 10.7. The van der Waals surface area contributed by atoms with E-state index < -0.39 is 0 Å². The fraction of sp³-hybridized carbons (Fsp3) is 0.500. The fourth-order valence-electron chi connectivity index (χ4n) is 2.50. The van der Waals surface area contributed by atoms with E-state index in [1.165, 1.54) is 12.8 Å². The Kier molecular flexibility index (Phi) is 2.96. The second-order valence-electron chi connectivity index (χ2n) is 4.89. The third-order valence-electron chi connectivity index (χ3n) is 3.48. The third kappa shape index (κ3) is 1.86. The summed E-state index contributed by atoms with van der Waals surface area (Å²) in [4.78, 5) is 7.05. The molecule has 0 atom stereocenters. The summed E-state index contributed by atoms with van der Waals surface area (Å²) in [5.41, 5.74) is 1.82. The van der Waals surface area contributed by atoms with E-state index in [0.29, 0.717) is 6.04 Å². The van der Waals surface area contributed by atoms with Gasteiger partial charge in [0.2, 0.25) is 0 Å². The van der Waals surface area contributed by atoms with Gasteiger partial charge in [-0.3, -0.25) is 4.40 Å². The van der Waals surface area contributed by atoms with Crippen molar-refractivity contribution in [3.63, 3.8) is 0 Å². The summed E-state index contributed by atoms with van der Waals surface area (Å²) in [5, 5.41) is 9.64. The topological polar surface area (TPSA) is 40.8 Å². The summed E-state index contributed by atoms with van der Waals surface area (Å²) in [6.45, 7) is 3.23. The molecular weight excluding hydrogens is 226 g/mol. The molecule has 1 N–H and O–H groups in total. The highest BCUT2D eigenvalue weighted by molar-refractivity contribution is 5.56. The highest BCUT2D eigenvalue weighted by atomic mass is 16.3. The monoisotopic (exact) mass is 245 g/mol. The second kappa shape index (κ2) is 4.61. The molecule has 0 aromatic carbocycles. The Morgan fingerprint density at radius 3 is 2.94 bits per heavy atom. The number of hydrogen-bond acceptors (Lipinski definition) is 3. The molecule has 96 valence electrons. The zero-order chi connectivity index (χ0) is 12.5. The van der Waals surface area contributed by atoms with Crippen LogP contribution in [0.4, 0.5) is 5.82 Å². The molecule has 2 aromatic heterocycles. The van der Waals surface area contributed by atoms with Crippen LogP contribution < -0.4 is 4.90 Å². The van der Waals surface area contributed by atoms with Crippen molar-refractivity contribution in [2.24, 2.45) is 0 Å². The summed E-state index contributed by atoms with van der Waals surface area (Å²) in [7, 11) is 0. The maximum absolute atomic E-state index is 9.64. The smallest absolute Gasteiger partial charge is 0.153 e. The lowest BCUT2D eigenvalue weighted by molar-refractivity contribution is 0.276. The molecule has 3 rings (SSSR count). The van der Waals surface area contributed by atoms with Gasteiger partial charge in [-0.05, 0) is 31.4 Å². The van der Waals surface area contributed by atoms with Crippen molar-refractivity contribution < 1.29 is 5.11 Å². The van der Waals surface area contributed by atoms with Crippen LogP contribution in [0.15, 0.2) is 24.4 Å². The van der Waals surface area contributed by atoms with Gasteiger partial charge in [0.15, 0.2) is 5.82 Å². The summed E-state index contributed by atoms with van der Waals surface area (Å²) in [6.07, 6.45) is 5.57. The molecular formula is C14H19N3O. The van der Waals surface area contributed by atoms with Crippen LogP contribution in [-0.4, -0.2) is 27.1 Å². The molecule has 2 aromatic rings. The Hall–Kier alpha value is -1.55. The average molecular weight is 245 g/mol. The van der Waals surface area contributed by atoms with E-state index in [0.717, 1.165) is 30.1 Å². The van der Waals surface area contributed by atoms with Gasteiger partial charge in [-0.1, -0.05) is 13.0 Å². The van der Waals surface area contributed by atoms with Crippen LogP contribution in [-0.2, 0) is 6.61 Å². The molecule has 0 spiro atoms. The average Bonchev–Trinajstić information content (AvgIpc) is 3.16. The molecule has 18 heavy (non-hydrogen) atoms. The first-order valence-electron chi connectivity index (χ1n) is 6.68. The Bertz CT molecular complexity index is 545. The number of fused-ring (bicyclic) bond motifs is 1. The molecule has 0 amide bonds. The van der Waals surface area contributed by atoms with Crippen molar-refractivity contribution in [1.29, 1.82) is 0 Å². The number of aliphatic hydroxyl groups is 1. The van der Waals surface area contributed by atoms with Crippen LogP contribution in [0, 0.1) is 0 Å². The molecule has 1 fully saturated rings. The number of aliphatic hydroxyl groups excluding tert-OH is 1. The molecule has 2 heterocycles. The normalized spacial score (nSPS) is 15.2. The largest absolute Gasteiger partial charge is 0.390 e. The van der Waals surface area contributed by atoms with Crippen molar-refractivity contribution in [2.45, 2.75) is 38.8 Å². The lowest BCUT2D eigenvalue weighted by atomic mass is 10.3. The minimum Gasteiger partial charge on any atom is -0.390 e. The van der Waals surface area contributed by atoms with Gasteiger partial charge in [0.05, 0.1) is 12.3 Å². The van der Waals surface area contributed by atoms with Crippen LogP contribution >= 0.6 is 0 Å². The van der Waals surface area contributed by atoms with E-state index in [-0.39, 0.29) is 6.61 Å². The molecule has 0 aliphatic heterocycles. The number of hydrogen-bond donors (Lipinski definition) is 1. The first kappa shape index (κ1) is 11.5. The molecule has 4 heteroatoms. The molecule has 0 bridgehead atoms. The van der Waals surface area contributed by atoms with Gasteiger partial charge < -0.3 is 10.0 Å². The van der Waals surface area contributed by atoms with Crippen molar-refractivity contribution in [2.75, 3.05) is 11.4 Å². The van der Waals surface area contributed by atoms with Gasteiger partial charge in [-0.25, -0.2) is 4.98 Å². The molecule has 0 unspecified atom stereocenters. The molecule has 4 nitrogen and oxygen atoms in total. The Morgan fingerprint density at radius 1 is 1.44 bits per heavy atom. The third-order valence-corrected chi connectivity index (χ3v) is 3.48. The lowest BCUT2D eigenvalue weighted by Gasteiger charge is -2.22. The van der Waals surface area contributed by atoms with Crippen LogP contribution in [0.3, 0.4) is 0 Å². The van der Waals surface area contributed by atoms with E-state index in [9.17, 15) is 5.11 Å². The van der Waals surface area contributed by atoms with E-state index in [1.54, 1.807) is 0 Å². The molecule has 1 aliphatic carbocycles. The summed E-state index contributed by atoms with van der Waals surface area (Å²) < 4.78 is 1.99. The van der Waals surface area contributed by atoms with Gasteiger partial charge in [0.25, 0.3) is 0 Å². The predicted octanol–water partition coefficient (Wildman–Crippen LogP) is 2.21. The Morgan fingerprint density at radius 2 is 2.28 bits per heavy atom. The first-order valence-corrected chi connectivity index (χ1v) is 6.68. The predicted molar refractivity (Wildman–Crippen MR) is 71.8 cm³/mol. The van der Waals surface area contributed by atoms with Crippen molar-refractivity contribution in [1.82, 2.24) is 9.38 Å². The number of rotatable bonds is 5. The number of nitrogens with zero attached hydrogens (tertiary/aromatic N) is 3. The minimum atomic E-state index is 0.0352. The van der Waals surface area contributed by atoms with Crippen LogP contribution in [0.5, 0.6) is 0 Å². The van der Waals surface area contributed by atoms with Crippen LogP contribution in [0.2, 0.25) is 0 Å². The summed E-state index contributed by atoms with van der Waals surface area (Å²) in [5.74, 6) is 0.966. The summed E-state index contributed by atoms with van der Waals surface area (Å²) in [6, 6.07) is 6.56. The molecule has 0 radical (unpaired) electrons. The number of anilines is 1. The van der Waals surface area contributed by atoms with Gasteiger partial charge in [-0.15, -0.1) is 0 Å². The SMILES string of the molecule is CCCN(c1nc2ccccn2c1CO)C1CC1. The van der Waals surface area contributed by atoms with Gasteiger partial charge in [-0.2, -0.15) is 0 Å². The molecule has 1 saturated carbocycles.